The van der Waals surface area contributed by atoms with Gasteiger partial charge >= 0.3 is 13.6 Å². The third-order valence-corrected chi connectivity index (χ3v) is 5.27. The van der Waals surface area contributed by atoms with Gasteiger partial charge in [0.25, 0.3) is 0 Å². The number of ether oxygens (including phenoxy) is 1. The smallest absolute Gasteiger partial charge is 0.423 e. The van der Waals surface area contributed by atoms with Crippen LogP contribution in [0.5, 0.6) is 5.75 Å². The molecule has 1 heterocycles. The van der Waals surface area contributed by atoms with Gasteiger partial charge in [-0.25, -0.2) is 0 Å². The second-order valence-corrected chi connectivity index (χ2v) is 7.95. The maximum Gasteiger partial charge on any atom is 0.423 e. The summed E-state index contributed by atoms with van der Waals surface area (Å²) in [6, 6.07) is 3.40. The van der Waals surface area contributed by atoms with Crippen molar-refractivity contribution in [3.8, 4) is 5.75 Å². The molecule has 1 aromatic carbocycles. The van der Waals surface area contributed by atoms with Crippen LogP contribution in [0, 0.1) is 11.3 Å². The molecule has 2 radical (unpaired) electrons. The molecule has 0 aromatic heterocycles. The Morgan fingerprint density at radius 3 is 2.27 bits per heavy atom. The fourth-order valence-electron chi connectivity index (χ4n) is 2.65. The van der Waals surface area contributed by atoms with Crippen molar-refractivity contribution in [2.24, 2.45) is 5.41 Å². The highest BCUT2D eigenvalue weighted by molar-refractivity contribution is 6.48. The molecule has 1 aromatic rings. The SMILES string of the molecule is CC.CCc1c([B]OC(C)(C)C(C)(C)C)ccc2c1[C]1C=C1C(F)(F)O2. The van der Waals surface area contributed by atoms with E-state index in [1.165, 1.54) is 6.08 Å². The van der Waals surface area contributed by atoms with Gasteiger partial charge in [-0.05, 0) is 42.8 Å². The van der Waals surface area contributed by atoms with E-state index in [-0.39, 0.29) is 22.3 Å². The molecule has 0 atom stereocenters. The largest absolute Gasteiger partial charge is 0.429 e. The first-order chi connectivity index (χ1) is 12.0. The average Bonchev–Trinajstić information content (AvgIpc) is 3.35. The first-order valence-corrected chi connectivity index (χ1v) is 9.31. The van der Waals surface area contributed by atoms with Gasteiger partial charge in [-0.3, -0.25) is 0 Å². The highest BCUT2D eigenvalue weighted by Gasteiger charge is 2.55. The molecule has 26 heavy (non-hydrogen) atoms. The quantitative estimate of drug-likeness (QED) is 0.685. The van der Waals surface area contributed by atoms with Crippen molar-refractivity contribution in [3.63, 3.8) is 0 Å². The molecule has 2 aliphatic rings. The minimum atomic E-state index is -3.21. The summed E-state index contributed by atoms with van der Waals surface area (Å²) < 4.78 is 38.4. The molecule has 2 nitrogen and oxygen atoms in total. The zero-order valence-corrected chi connectivity index (χ0v) is 17.1. The second-order valence-electron chi connectivity index (χ2n) is 7.95. The van der Waals surface area contributed by atoms with Crippen molar-refractivity contribution < 1.29 is 18.2 Å². The van der Waals surface area contributed by atoms with E-state index in [0.717, 1.165) is 16.6 Å². The zero-order valence-electron chi connectivity index (χ0n) is 17.1. The van der Waals surface area contributed by atoms with Gasteiger partial charge in [0.1, 0.15) is 5.75 Å². The van der Waals surface area contributed by atoms with Gasteiger partial charge in [-0.2, -0.15) is 8.78 Å². The molecule has 0 amide bonds. The fourth-order valence-corrected chi connectivity index (χ4v) is 2.65. The summed E-state index contributed by atoms with van der Waals surface area (Å²) >= 11 is 0. The molecule has 0 N–H and O–H groups in total. The maximum absolute atomic E-state index is 13.7. The normalized spacial score (nSPS) is 17.8. The molecule has 1 aliphatic heterocycles. The van der Waals surface area contributed by atoms with Gasteiger partial charge in [0.2, 0.25) is 0 Å². The number of fused-ring (bicyclic) bond motifs is 3. The van der Waals surface area contributed by atoms with Crippen LogP contribution in [-0.4, -0.2) is 19.2 Å². The van der Waals surface area contributed by atoms with Crippen LogP contribution in [0.2, 0.25) is 0 Å². The molecule has 0 unspecified atom stereocenters. The van der Waals surface area contributed by atoms with E-state index in [1.54, 1.807) is 19.6 Å². The number of hydrogen-bond donors (Lipinski definition) is 0. The molecule has 0 fully saturated rings. The molecular weight excluding hydrogens is 333 g/mol. The van der Waals surface area contributed by atoms with Crippen LogP contribution < -0.4 is 10.2 Å². The molecule has 3 rings (SSSR count). The summed E-state index contributed by atoms with van der Waals surface area (Å²) in [5.41, 5.74) is 2.29. The first kappa shape index (κ1) is 21.0. The van der Waals surface area contributed by atoms with Crippen LogP contribution in [0.25, 0.3) is 0 Å². The Balaban J connectivity index is 0.00000117. The molecule has 142 valence electrons. The fraction of sp³-hybridized carbons (Fsp3) is 0.571. The van der Waals surface area contributed by atoms with Crippen LogP contribution in [0.3, 0.4) is 0 Å². The van der Waals surface area contributed by atoms with Crippen LogP contribution >= 0.6 is 0 Å². The lowest BCUT2D eigenvalue weighted by Gasteiger charge is -2.39. The van der Waals surface area contributed by atoms with Crippen LogP contribution in [0.15, 0.2) is 23.8 Å². The second kappa shape index (κ2) is 6.99. The number of benzene rings is 1. The Labute approximate surface area is 157 Å². The third kappa shape index (κ3) is 3.69. The third-order valence-electron chi connectivity index (χ3n) is 5.27. The highest BCUT2D eigenvalue weighted by Crippen LogP contribution is 2.55. The predicted octanol–water partition coefficient (Wildman–Crippen LogP) is 5.21. The summed E-state index contributed by atoms with van der Waals surface area (Å²) in [5.74, 6) is 0.861. The minimum Gasteiger partial charge on any atom is -0.429 e. The molecule has 1 aliphatic carbocycles. The van der Waals surface area contributed by atoms with Gasteiger partial charge in [0.15, 0.2) is 0 Å². The maximum atomic E-state index is 13.7. The Hall–Kier alpha value is -1.36. The minimum absolute atomic E-state index is 0.00205. The first-order valence-electron chi connectivity index (χ1n) is 9.31. The Morgan fingerprint density at radius 2 is 1.73 bits per heavy atom. The zero-order chi connectivity index (χ0) is 19.9. The monoisotopic (exact) mass is 362 g/mol. The standard InChI is InChI=1S/C19H23BF2O2.C2H6/c1-7-11-14(20-24-18(5,6)17(2,3)4)8-9-15-16(11)12-10-13(12)19(21,22)23-15;1-2/h8-10H,7H2,1-6H3;1-2H3. The lowest BCUT2D eigenvalue weighted by molar-refractivity contribution is -0.140. The summed E-state index contributed by atoms with van der Waals surface area (Å²) in [5, 5.41) is 0. The van der Waals surface area contributed by atoms with Crippen LogP contribution in [0.1, 0.15) is 66.5 Å². The van der Waals surface area contributed by atoms with Gasteiger partial charge < -0.3 is 9.39 Å². The Morgan fingerprint density at radius 1 is 1.12 bits per heavy atom. The summed E-state index contributed by atoms with van der Waals surface area (Å²) in [4.78, 5) is 0. The lowest BCUT2D eigenvalue weighted by Crippen LogP contribution is -2.43. The van der Waals surface area contributed by atoms with E-state index < -0.39 is 6.11 Å². The van der Waals surface area contributed by atoms with Crippen molar-refractivity contribution in [2.75, 3.05) is 0 Å². The van der Waals surface area contributed by atoms with Gasteiger partial charge in [-0.15, -0.1) is 0 Å². The van der Waals surface area contributed by atoms with E-state index >= 15 is 0 Å². The summed E-state index contributed by atoms with van der Waals surface area (Å²) in [6.45, 7) is 16.5. The molecular formula is C21H29BF2O2. The number of hydrogen-bond acceptors (Lipinski definition) is 2. The topological polar surface area (TPSA) is 18.5 Å². The van der Waals surface area contributed by atoms with Crippen LogP contribution in [-0.2, 0) is 11.1 Å². The molecule has 0 spiro atoms. The molecule has 0 saturated carbocycles. The summed E-state index contributed by atoms with van der Waals surface area (Å²) in [6.07, 6.45) is -0.980. The van der Waals surface area contributed by atoms with Crippen molar-refractivity contribution in [2.45, 2.75) is 73.5 Å². The number of allylic oxidation sites excluding steroid dienone is 1. The van der Waals surface area contributed by atoms with Crippen molar-refractivity contribution in [3.05, 3.63) is 40.8 Å². The lowest BCUT2D eigenvalue weighted by atomic mass is 9.74. The highest BCUT2D eigenvalue weighted by atomic mass is 19.3. The number of alkyl halides is 2. The van der Waals surface area contributed by atoms with E-state index in [9.17, 15) is 8.78 Å². The van der Waals surface area contributed by atoms with Crippen molar-refractivity contribution in [1.82, 2.24) is 0 Å². The van der Waals surface area contributed by atoms with E-state index in [1.807, 2.05) is 34.6 Å². The Kier molecular flexibility index (Phi) is 5.63. The summed E-state index contributed by atoms with van der Waals surface area (Å²) in [7, 11) is 1.75. The van der Waals surface area contributed by atoms with E-state index in [2.05, 4.69) is 20.8 Å². The van der Waals surface area contributed by atoms with Gasteiger partial charge in [-0.1, -0.05) is 53.7 Å². The molecule has 5 heteroatoms. The van der Waals surface area contributed by atoms with Crippen LogP contribution in [0.4, 0.5) is 8.78 Å². The number of halogens is 2. The van der Waals surface area contributed by atoms with E-state index in [0.29, 0.717) is 12.3 Å². The number of rotatable bonds is 4. The molecule has 0 bridgehead atoms. The van der Waals surface area contributed by atoms with E-state index in [4.69, 9.17) is 9.39 Å². The van der Waals surface area contributed by atoms with Gasteiger partial charge in [0.05, 0.1) is 17.1 Å². The Bertz CT molecular complexity index is 703. The van der Waals surface area contributed by atoms with Crippen molar-refractivity contribution in [1.29, 1.82) is 0 Å². The van der Waals surface area contributed by atoms with Gasteiger partial charge in [0, 0.05) is 5.56 Å². The van der Waals surface area contributed by atoms with Crippen molar-refractivity contribution >= 4 is 12.9 Å². The predicted molar refractivity (Wildman–Crippen MR) is 103 cm³/mol. The average molecular weight is 362 g/mol. The molecule has 0 saturated heterocycles.